The van der Waals surface area contributed by atoms with Gasteiger partial charge in [-0.3, -0.25) is 9.80 Å². The molecule has 3 atom stereocenters. The molecule has 2 aliphatic carbocycles. The lowest BCUT2D eigenvalue weighted by atomic mass is 9.71. The Morgan fingerprint density at radius 3 is 1.84 bits per heavy atom. The fourth-order valence-corrected chi connectivity index (χ4v) is 7.74. The number of allylic oxidation sites excluding steroid dienone is 13. The molecule has 0 bridgehead atoms. The lowest BCUT2D eigenvalue weighted by molar-refractivity contribution is -0.132. The number of rotatable bonds is 13. The first-order valence-electron chi connectivity index (χ1n) is 17.9. The van der Waals surface area contributed by atoms with E-state index >= 15 is 0 Å². The van der Waals surface area contributed by atoms with Crippen molar-refractivity contribution in [3.63, 3.8) is 0 Å². The molecular formula is C43H60N2O5. The van der Waals surface area contributed by atoms with E-state index < -0.39 is 11.9 Å². The second kappa shape index (κ2) is 18.5. The molecule has 3 rings (SSSR count). The van der Waals surface area contributed by atoms with Crippen LogP contribution >= 0.6 is 0 Å². The summed E-state index contributed by atoms with van der Waals surface area (Å²) in [6.07, 6.45) is 28.4. The molecule has 1 heterocycles. The van der Waals surface area contributed by atoms with Crippen molar-refractivity contribution in [1.82, 2.24) is 9.80 Å². The molecule has 2 N–H and O–H groups in total. The van der Waals surface area contributed by atoms with Gasteiger partial charge in [-0.05, 0) is 117 Å². The van der Waals surface area contributed by atoms with Gasteiger partial charge in [-0.25, -0.2) is 9.59 Å². The van der Waals surface area contributed by atoms with Crippen molar-refractivity contribution in [2.45, 2.75) is 105 Å². The van der Waals surface area contributed by atoms with E-state index in [0.29, 0.717) is 11.1 Å². The summed E-state index contributed by atoms with van der Waals surface area (Å²) in [4.78, 5) is 27.2. The van der Waals surface area contributed by atoms with Crippen molar-refractivity contribution in [2.75, 3.05) is 33.4 Å². The van der Waals surface area contributed by atoms with Crippen LogP contribution in [0, 0.1) is 0 Å². The smallest absolute Gasteiger partial charge is 0.328 e. The number of aliphatic carboxylic acids is 2. The van der Waals surface area contributed by atoms with E-state index in [1.54, 1.807) is 13.8 Å². The van der Waals surface area contributed by atoms with Crippen LogP contribution in [0.15, 0.2) is 117 Å². The van der Waals surface area contributed by atoms with Gasteiger partial charge >= 0.3 is 11.9 Å². The van der Waals surface area contributed by atoms with E-state index in [1.807, 2.05) is 36.5 Å². The summed E-state index contributed by atoms with van der Waals surface area (Å²) in [6, 6.07) is 0.277. The second-order valence-corrected chi connectivity index (χ2v) is 14.6. The molecule has 0 aromatic rings. The predicted octanol–water partition coefficient (Wildman–Crippen LogP) is 8.93. The highest BCUT2D eigenvalue weighted by Gasteiger charge is 2.45. The van der Waals surface area contributed by atoms with Crippen molar-refractivity contribution >= 4 is 11.9 Å². The van der Waals surface area contributed by atoms with Crippen LogP contribution in [0.25, 0.3) is 0 Å². The number of carboxylic acids is 2. The first-order chi connectivity index (χ1) is 23.6. The Morgan fingerprint density at radius 1 is 0.800 bits per heavy atom. The average molecular weight is 685 g/mol. The van der Waals surface area contributed by atoms with Crippen molar-refractivity contribution in [2.24, 2.45) is 0 Å². The van der Waals surface area contributed by atoms with Crippen LogP contribution in [0.2, 0.25) is 0 Å². The molecule has 1 unspecified atom stereocenters. The predicted molar refractivity (Wildman–Crippen MR) is 206 cm³/mol. The molecule has 1 fully saturated rings. The van der Waals surface area contributed by atoms with Gasteiger partial charge in [0.05, 0.1) is 13.2 Å². The van der Waals surface area contributed by atoms with Crippen LogP contribution in [0.1, 0.15) is 87.5 Å². The van der Waals surface area contributed by atoms with E-state index in [9.17, 15) is 9.59 Å². The van der Waals surface area contributed by atoms with Crippen LogP contribution in [0.4, 0.5) is 0 Å². The number of carboxylic acid groups (broad SMARTS) is 2. The maximum atomic E-state index is 11.0. The van der Waals surface area contributed by atoms with Crippen LogP contribution in [-0.4, -0.2) is 82.4 Å². The van der Waals surface area contributed by atoms with Crippen LogP contribution in [-0.2, 0) is 14.3 Å². The standard InChI is InChI=1S/C43H60N2O5/c1-31(13-10-15-33(3)29-40(46)47)18-20-37-35(5)17-12-23-42(37,7)44(9)39-22-24-43(8,45-25-27-50-28-26-45)38(36(39)6)21-19-32(2)14-11-16-34(4)30-41(48)49/h10-11,13-16,18-21,29-30,39H,12,17,22-28H2,1-9H3,(H,46,47)(H,48,49)/b15-10+,16-11+,20-18+,21-19+,31-13+,32-14+,33-29+,34-30+/t39?,42-,43-/m1/s1. The number of ether oxygens (including phenoxy) is 1. The summed E-state index contributed by atoms with van der Waals surface area (Å²) in [6.45, 7) is 20.5. The highest BCUT2D eigenvalue weighted by molar-refractivity contribution is 5.81. The lowest BCUT2D eigenvalue weighted by Gasteiger charge is -2.53. The molecule has 1 saturated heterocycles. The third kappa shape index (κ3) is 10.9. The molecule has 0 spiro atoms. The van der Waals surface area contributed by atoms with Crippen LogP contribution < -0.4 is 0 Å². The number of likely N-dealkylation sites (N-methyl/N-ethyl adjacent to an activating group) is 1. The van der Waals surface area contributed by atoms with Gasteiger partial charge in [0.15, 0.2) is 0 Å². The first-order valence-corrected chi connectivity index (χ1v) is 17.9. The van der Waals surface area contributed by atoms with Gasteiger partial charge in [0.1, 0.15) is 0 Å². The Bertz CT molecular complexity index is 1570. The fourth-order valence-electron chi connectivity index (χ4n) is 7.74. The fraction of sp³-hybridized carbons (Fsp3) is 0.488. The van der Waals surface area contributed by atoms with E-state index in [2.05, 4.69) is 82.7 Å². The maximum absolute atomic E-state index is 11.0. The van der Waals surface area contributed by atoms with Crippen LogP contribution in [0.5, 0.6) is 0 Å². The molecule has 272 valence electrons. The Morgan fingerprint density at radius 2 is 1.32 bits per heavy atom. The zero-order chi connectivity index (χ0) is 37.1. The third-order valence-corrected chi connectivity index (χ3v) is 10.8. The molecule has 0 saturated carbocycles. The molecule has 0 aromatic heterocycles. The van der Waals surface area contributed by atoms with Crippen molar-refractivity contribution < 1.29 is 24.5 Å². The summed E-state index contributed by atoms with van der Waals surface area (Å²) in [5.74, 6) is -1.88. The highest BCUT2D eigenvalue weighted by atomic mass is 16.5. The molecule has 0 amide bonds. The molecule has 7 nitrogen and oxygen atoms in total. The largest absolute Gasteiger partial charge is 0.478 e. The topological polar surface area (TPSA) is 90.3 Å². The molecule has 50 heavy (non-hydrogen) atoms. The van der Waals surface area contributed by atoms with Gasteiger partial charge in [0.25, 0.3) is 0 Å². The summed E-state index contributed by atoms with van der Waals surface area (Å²) >= 11 is 0. The number of hydrogen-bond acceptors (Lipinski definition) is 5. The van der Waals surface area contributed by atoms with Gasteiger partial charge in [0, 0.05) is 42.4 Å². The Balaban J connectivity index is 1.98. The number of hydrogen-bond donors (Lipinski definition) is 2. The zero-order valence-corrected chi connectivity index (χ0v) is 31.9. The van der Waals surface area contributed by atoms with Gasteiger partial charge in [-0.15, -0.1) is 0 Å². The second-order valence-electron chi connectivity index (χ2n) is 14.6. The minimum Gasteiger partial charge on any atom is -0.478 e. The van der Waals surface area contributed by atoms with Gasteiger partial charge in [-0.2, -0.15) is 0 Å². The maximum Gasteiger partial charge on any atom is 0.328 e. The number of morpholine rings is 1. The molecule has 3 aliphatic rings. The molecule has 7 heteroatoms. The summed E-state index contributed by atoms with van der Waals surface area (Å²) in [7, 11) is 2.31. The highest BCUT2D eigenvalue weighted by Crippen LogP contribution is 2.46. The van der Waals surface area contributed by atoms with Gasteiger partial charge in [-0.1, -0.05) is 83.1 Å². The Hall–Kier alpha value is -3.78. The molecule has 0 radical (unpaired) electrons. The summed E-state index contributed by atoms with van der Waals surface area (Å²) in [5, 5.41) is 18.0. The zero-order valence-electron chi connectivity index (χ0n) is 31.9. The lowest BCUT2D eigenvalue weighted by Crippen LogP contribution is -2.58. The van der Waals surface area contributed by atoms with Crippen LogP contribution in [0.3, 0.4) is 0 Å². The van der Waals surface area contributed by atoms with Gasteiger partial charge in [0.2, 0.25) is 0 Å². The quantitative estimate of drug-likeness (QED) is 0.148. The number of nitrogens with zero attached hydrogens (tertiary/aromatic N) is 2. The molecule has 1 aliphatic heterocycles. The minimum atomic E-state index is -0.940. The van der Waals surface area contributed by atoms with Crippen molar-refractivity contribution in [3.05, 3.63) is 117 Å². The molecular weight excluding hydrogens is 624 g/mol. The van der Waals surface area contributed by atoms with E-state index in [0.717, 1.165) is 69.6 Å². The summed E-state index contributed by atoms with van der Waals surface area (Å²) < 4.78 is 5.76. The van der Waals surface area contributed by atoms with Crippen molar-refractivity contribution in [3.8, 4) is 0 Å². The van der Waals surface area contributed by atoms with Gasteiger partial charge < -0.3 is 14.9 Å². The Kier molecular flexibility index (Phi) is 15.0. The number of carbonyl (C=O) groups is 2. The minimum absolute atomic E-state index is 0.103. The average Bonchev–Trinajstić information content (AvgIpc) is 3.04. The third-order valence-electron chi connectivity index (χ3n) is 10.8. The van der Waals surface area contributed by atoms with E-state index in [-0.39, 0.29) is 17.1 Å². The SMILES string of the molecule is CC1=C(/C=C/C(C)=C/C=C/C(C)=C/C(=O)O)[C@](C)(N(C)C2CC[C@@](C)(N3CCOCC3)C(/C=C/C(C)=C/C=C/C(C)=C/C(=O)O)=C2C)CCC1. The monoisotopic (exact) mass is 684 g/mol. The van der Waals surface area contributed by atoms with Crippen molar-refractivity contribution in [1.29, 1.82) is 0 Å². The Labute approximate surface area is 301 Å². The normalized spacial score (nSPS) is 27.3. The first kappa shape index (κ1) is 40.6. The molecule has 0 aromatic carbocycles. The van der Waals surface area contributed by atoms with E-state index in [1.165, 1.54) is 34.4 Å². The summed E-state index contributed by atoms with van der Waals surface area (Å²) in [5.41, 5.74) is 8.96. The van der Waals surface area contributed by atoms with E-state index in [4.69, 9.17) is 14.9 Å².